The van der Waals surface area contributed by atoms with Crippen molar-refractivity contribution in [1.29, 1.82) is 0 Å². The van der Waals surface area contributed by atoms with Crippen LogP contribution in [0.25, 0.3) is 0 Å². The van der Waals surface area contributed by atoms with Crippen LogP contribution in [-0.2, 0) is 7.05 Å². The average Bonchev–Trinajstić information content (AvgIpc) is 2.77. The third-order valence-corrected chi connectivity index (χ3v) is 3.58. The molecule has 9 heteroatoms. The van der Waals surface area contributed by atoms with Crippen LogP contribution in [0, 0.1) is 10.1 Å². The standard InChI is InChI=1S/C6H5N5O2S2/c1-10-3-8-9-5(10)15-6-7-2-4(14-6)11(12)13/h2-3H,1H3. The molecule has 0 N–H and O–H groups in total. The Morgan fingerprint density at radius 3 is 3.00 bits per heavy atom. The molecule has 15 heavy (non-hydrogen) atoms. The first-order valence-electron chi connectivity index (χ1n) is 3.79. The summed E-state index contributed by atoms with van der Waals surface area (Å²) in [5.74, 6) is 0. The zero-order valence-corrected chi connectivity index (χ0v) is 9.16. The van der Waals surface area contributed by atoms with E-state index in [2.05, 4.69) is 15.2 Å². The van der Waals surface area contributed by atoms with Gasteiger partial charge in [-0.3, -0.25) is 10.1 Å². The van der Waals surface area contributed by atoms with Gasteiger partial charge in [-0.2, -0.15) is 0 Å². The Labute approximate surface area is 92.3 Å². The molecule has 0 radical (unpaired) electrons. The van der Waals surface area contributed by atoms with E-state index in [4.69, 9.17) is 0 Å². The molecule has 0 saturated heterocycles. The molecule has 78 valence electrons. The average molecular weight is 243 g/mol. The molecular formula is C6H5N5O2S2. The fraction of sp³-hybridized carbons (Fsp3) is 0.167. The van der Waals surface area contributed by atoms with E-state index in [0.717, 1.165) is 11.3 Å². The lowest BCUT2D eigenvalue weighted by Crippen LogP contribution is -1.87. The van der Waals surface area contributed by atoms with Gasteiger partial charge < -0.3 is 4.57 Å². The van der Waals surface area contributed by atoms with E-state index < -0.39 is 4.92 Å². The number of aromatic nitrogens is 4. The van der Waals surface area contributed by atoms with Crippen LogP contribution in [0.4, 0.5) is 5.00 Å². The predicted octanol–water partition coefficient (Wildman–Crippen LogP) is 1.33. The van der Waals surface area contributed by atoms with Crippen LogP contribution in [-0.4, -0.2) is 24.7 Å². The highest BCUT2D eigenvalue weighted by atomic mass is 32.2. The molecule has 2 aromatic heterocycles. The van der Waals surface area contributed by atoms with E-state index in [1.54, 1.807) is 17.9 Å². The van der Waals surface area contributed by atoms with Crippen LogP contribution in [0.3, 0.4) is 0 Å². The molecule has 0 bridgehead atoms. The maximum Gasteiger partial charge on any atom is 0.344 e. The number of nitro groups is 1. The van der Waals surface area contributed by atoms with Gasteiger partial charge in [-0.1, -0.05) is 0 Å². The molecule has 0 fully saturated rings. The van der Waals surface area contributed by atoms with E-state index >= 15 is 0 Å². The number of hydrogen-bond donors (Lipinski definition) is 0. The van der Waals surface area contributed by atoms with Gasteiger partial charge in [0.2, 0.25) is 0 Å². The second-order valence-corrected chi connectivity index (χ2v) is 4.77. The highest BCUT2D eigenvalue weighted by Gasteiger charge is 2.14. The highest BCUT2D eigenvalue weighted by molar-refractivity contribution is 8.00. The molecule has 2 rings (SSSR count). The second-order valence-electron chi connectivity index (χ2n) is 2.55. The zero-order chi connectivity index (χ0) is 10.8. The van der Waals surface area contributed by atoms with Gasteiger partial charge in [0.05, 0.1) is 4.92 Å². The van der Waals surface area contributed by atoms with Crippen molar-refractivity contribution < 1.29 is 4.92 Å². The molecule has 2 heterocycles. The Kier molecular flexibility index (Phi) is 2.64. The van der Waals surface area contributed by atoms with Gasteiger partial charge >= 0.3 is 5.00 Å². The molecule has 0 aliphatic rings. The third kappa shape index (κ3) is 2.13. The first-order valence-corrected chi connectivity index (χ1v) is 5.42. The fourth-order valence-electron chi connectivity index (χ4n) is 0.825. The molecule has 2 aromatic rings. The molecule has 0 aliphatic carbocycles. The van der Waals surface area contributed by atoms with Crippen molar-refractivity contribution in [2.45, 2.75) is 9.50 Å². The lowest BCUT2D eigenvalue weighted by molar-refractivity contribution is -0.380. The Morgan fingerprint density at radius 2 is 2.47 bits per heavy atom. The summed E-state index contributed by atoms with van der Waals surface area (Å²) in [5.41, 5.74) is 0. The molecule has 0 spiro atoms. The van der Waals surface area contributed by atoms with Crippen molar-refractivity contribution in [2.75, 3.05) is 0 Å². The highest BCUT2D eigenvalue weighted by Crippen LogP contribution is 2.32. The monoisotopic (exact) mass is 243 g/mol. The number of nitrogens with zero attached hydrogens (tertiary/aromatic N) is 5. The zero-order valence-electron chi connectivity index (χ0n) is 7.52. The van der Waals surface area contributed by atoms with Gasteiger partial charge in [0.1, 0.15) is 12.5 Å². The number of thiazole rings is 1. The van der Waals surface area contributed by atoms with Crippen molar-refractivity contribution in [1.82, 2.24) is 19.7 Å². The normalized spacial score (nSPS) is 10.5. The SMILES string of the molecule is Cn1cnnc1Sc1ncc([N+](=O)[O-])s1. The first-order chi connectivity index (χ1) is 7.16. The van der Waals surface area contributed by atoms with E-state index in [9.17, 15) is 10.1 Å². The molecule has 0 unspecified atom stereocenters. The molecular weight excluding hydrogens is 238 g/mol. The minimum absolute atomic E-state index is 0.0275. The summed E-state index contributed by atoms with van der Waals surface area (Å²) in [5, 5.41) is 18.6. The van der Waals surface area contributed by atoms with Crippen molar-refractivity contribution in [2.24, 2.45) is 7.05 Å². The maximum atomic E-state index is 10.4. The predicted molar refractivity (Wildman–Crippen MR) is 53.9 cm³/mol. The Hall–Kier alpha value is -1.48. The summed E-state index contributed by atoms with van der Waals surface area (Å²) in [6, 6.07) is 0. The van der Waals surface area contributed by atoms with Gasteiger partial charge in [0.25, 0.3) is 0 Å². The Bertz CT molecular complexity index is 493. The summed E-state index contributed by atoms with van der Waals surface area (Å²) in [4.78, 5) is 13.9. The van der Waals surface area contributed by atoms with Crippen LogP contribution in [0.1, 0.15) is 0 Å². The van der Waals surface area contributed by atoms with Crippen molar-refractivity contribution >= 4 is 28.1 Å². The molecule has 7 nitrogen and oxygen atoms in total. The van der Waals surface area contributed by atoms with Crippen LogP contribution in [0.15, 0.2) is 22.0 Å². The van der Waals surface area contributed by atoms with E-state index in [1.165, 1.54) is 18.0 Å². The molecule has 0 amide bonds. The van der Waals surface area contributed by atoms with E-state index in [0.29, 0.717) is 9.50 Å². The minimum Gasteiger partial charge on any atom is -0.311 e. The summed E-state index contributed by atoms with van der Waals surface area (Å²) < 4.78 is 2.30. The maximum absolute atomic E-state index is 10.4. The number of rotatable bonds is 3. The Balaban J connectivity index is 2.18. The minimum atomic E-state index is -0.460. The second kappa shape index (κ2) is 3.95. The van der Waals surface area contributed by atoms with E-state index in [1.807, 2.05) is 0 Å². The van der Waals surface area contributed by atoms with E-state index in [-0.39, 0.29) is 5.00 Å². The molecule has 0 atom stereocenters. The van der Waals surface area contributed by atoms with Crippen molar-refractivity contribution in [3.8, 4) is 0 Å². The first kappa shape index (κ1) is 10.1. The van der Waals surface area contributed by atoms with Gasteiger partial charge in [0.15, 0.2) is 9.50 Å². The van der Waals surface area contributed by atoms with Gasteiger partial charge in [0, 0.05) is 7.05 Å². The molecule has 0 saturated carbocycles. The van der Waals surface area contributed by atoms with Crippen LogP contribution in [0.5, 0.6) is 0 Å². The summed E-state index contributed by atoms with van der Waals surface area (Å²) in [6.07, 6.45) is 2.80. The van der Waals surface area contributed by atoms with Crippen molar-refractivity contribution in [3.05, 3.63) is 22.6 Å². The summed E-state index contributed by atoms with van der Waals surface area (Å²) >= 11 is 2.27. The van der Waals surface area contributed by atoms with Crippen LogP contribution < -0.4 is 0 Å². The summed E-state index contributed by atoms with van der Waals surface area (Å²) in [6.45, 7) is 0. The quantitative estimate of drug-likeness (QED) is 0.597. The number of aryl methyl sites for hydroxylation is 1. The molecule has 0 aromatic carbocycles. The van der Waals surface area contributed by atoms with Gasteiger partial charge in [-0.15, -0.1) is 10.2 Å². The largest absolute Gasteiger partial charge is 0.344 e. The van der Waals surface area contributed by atoms with Crippen LogP contribution >= 0.6 is 23.1 Å². The third-order valence-electron chi connectivity index (χ3n) is 1.50. The fourth-order valence-corrected chi connectivity index (χ4v) is 2.48. The molecule has 0 aliphatic heterocycles. The topological polar surface area (TPSA) is 86.7 Å². The van der Waals surface area contributed by atoms with Gasteiger partial charge in [-0.05, 0) is 23.1 Å². The smallest absolute Gasteiger partial charge is 0.311 e. The lowest BCUT2D eigenvalue weighted by atomic mass is 10.9. The number of hydrogen-bond acceptors (Lipinski definition) is 7. The van der Waals surface area contributed by atoms with Crippen molar-refractivity contribution in [3.63, 3.8) is 0 Å². The van der Waals surface area contributed by atoms with Gasteiger partial charge in [-0.25, -0.2) is 4.98 Å². The lowest BCUT2D eigenvalue weighted by Gasteiger charge is -1.93. The van der Waals surface area contributed by atoms with Crippen LogP contribution in [0.2, 0.25) is 0 Å². The Morgan fingerprint density at radius 1 is 1.67 bits per heavy atom. The summed E-state index contributed by atoms with van der Waals surface area (Å²) in [7, 11) is 1.80.